The first-order chi connectivity index (χ1) is 15.5. The second-order valence-corrected chi connectivity index (χ2v) is 12.5. The van der Waals surface area contributed by atoms with Gasteiger partial charge in [-0.25, -0.2) is 16.8 Å². The number of benzene rings is 2. The SMILES string of the molecule is Cc1ccc(S(=O)(=O)[C@H]2CN(S(=O)(=O)c3ccc(C#N)cc3OC3CC3)C[C@@]2(O)CO)cc1. The standard InChI is InChI=1S/C22H24N2O7S2/c1-15-2-7-18(8-3-15)32(27,28)21-12-24(13-22(21,26)14-25)33(29,30)20-9-4-16(11-23)10-19(20)31-17-5-6-17/h2-4,7-10,17,21,25-26H,5-6,12-14H2,1H3/t21-,22+/m0/s1. The molecule has 1 aliphatic carbocycles. The molecule has 9 nitrogen and oxygen atoms in total. The van der Waals surface area contributed by atoms with Crippen molar-refractivity contribution in [1.29, 1.82) is 5.26 Å². The van der Waals surface area contributed by atoms with Crippen molar-refractivity contribution in [3.05, 3.63) is 53.6 Å². The van der Waals surface area contributed by atoms with Gasteiger partial charge in [0.2, 0.25) is 10.0 Å². The van der Waals surface area contributed by atoms with Gasteiger partial charge in [0.1, 0.15) is 21.5 Å². The molecule has 0 radical (unpaired) electrons. The minimum atomic E-state index is -4.31. The molecule has 2 fully saturated rings. The number of aliphatic hydroxyl groups is 2. The van der Waals surface area contributed by atoms with Crippen molar-refractivity contribution >= 4 is 19.9 Å². The van der Waals surface area contributed by atoms with Crippen molar-refractivity contribution in [3.8, 4) is 11.8 Å². The summed E-state index contributed by atoms with van der Waals surface area (Å²) in [6.45, 7) is -0.292. The number of hydrogen-bond acceptors (Lipinski definition) is 8. The van der Waals surface area contributed by atoms with Crippen molar-refractivity contribution in [2.45, 2.75) is 46.5 Å². The van der Waals surface area contributed by atoms with Gasteiger partial charge in [-0.3, -0.25) is 0 Å². The van der Waals surface area contributed by atoms with Crippen LogP contribution in [0, 0.1) is 18.3 Å². The number of rotatable bonds is 7. The molecule has 0 unspecified atom stereocenters. The molecule has 0 amide bonds. The molecule has 11 heteroatoms. The van der Waals surface area contributed by atoms with E-state index in [2.05, 4.69) is 0 Å². The van der Waals surface area contributed by atoms with E-state index in [0.29, 0.717) is 0 Å². The Balaban J connectivity index is 1.72. The normalized spacial score (nSPS) is 23.9. The number of hydrogen-bond donors (Lipinski definition) is 2. The van der Waals surface area contributed by atoms with E-state index in [1.165, 1.54) is 30.3 Å². The van der Waals surface area contributed by atoms with Crippen molar-refractivity contribution < 1.29 is 31.8 Å². The maximum Gasteiger partial charge on any atom is 0.246 e. The van der Waals surface area contributed by atoms with Crippen LogP contribution in [0.15, 0.2) is 52.3 Å². The monoisotopic (exact) mass is 492 g/mol. The molecule has 1 aliphatic heterocycles. The maximum atomic E-state index is 13.5. The van der Waals surface area contributed by atoms with Gasteiger partial charge in [-0.05, 0) is 50.1 Å². The molecule has 2 aliphatic rings. The third kappa shape index (κ3) is 4.37. The van der Waals surface area contributed by atoms with Gasteiger partial charge in [0.25, 0.3) is 0 Å². The van der Waals surface area contributed by atoms with Crippen LogP contribution in [0.3, 0.4) is 0 Å². The van der Waals surface area contributed by atoms with Crippen LogP contribution in [0.25, 0.3) is 0 Å². The highest BCUT2D eigenvalue weighted by molar-refractivity contribution is 7.92. The first-order valence-corrected chi connectivity index (χ1v) is 13.3. The van der Waals surface area contributed by atoms with Crippen LogP contribution in [0.1, 0.15) is 24.0 Å². The van der Waals surface area contributed by atoms with Crippen molar-refractivity contribution in [1.82, 2.24) is 4.31 Å². The number of nitrogens with zero attached hydrogens (tertiary/aromatic N) is 2. The van der Waals surface area contributed by atoms with E-state index in [1.54, 1.807) is 19.1 Å². The largest absolute Gasteiger partial charge is 0.489 e. The first-order valence-electron chi connectivity index (χ1n) is 10.4. The molecule has 1 saturated heterocycles. The van der Waals surface area contributed by atoms with Gasteiger partial charge in [0.15, 0.2) is 9.84 Å². The number of ether oxygens (including phenoxy) is 1. The van der Waals surface area contributed by atoms with E-state index in [-0.39, 0.29) is 27.2 Å². The van der Waals surface area contributed by atoms with Gasteiger partial charge >= 0.3 is 0 Å². The predicted molar refractivity (Wildman–Crippen MR) is 118 cm³/mol. The van der Waals surface area contributed by atoms with Gasteiger partial charge in [-0.2, -0.15) is 9.57 Å². The van der Waals surface area contributed by atoms with Crippen LogP contribution < -0.4 is 4.74 Å². The second kappa shape index (κ2) is 8.38. The van der Waals surface area contributed by atoms with E-state index in [9.17, 15) is 32.3 Å². The maximum absolute atomic E-state index is 13.5. The number of sulfonamides is 1. The summed E-state index contributed by atoms with van der Waals surface area (Å²) in [5.74, 6) is 0.00827. The van der Waals surface area contributed by atoms with Gasteiger partial charge in [0.05, 0.1) is 29.2 Å². The molecular formula is C22H24N2O7S2. The Morgan fingerprint density at radius 1 is 1.15 bits per heavy atom. The first kappa shape index (κ1) is 23.7. The molecule has 2 atom stereocenters. The lowest BCUT2D eigenvalue weighted by Crippen LogP contribution is -2.49. The zero-order valence-corrected chi connectivity index (χ0v) is 19.5. The van der Waals surface area contributed by atoms with Crippen molar-refractivity contribution in [2.75, 3.05) is 19.7 Å². The molecule has 2 aromatic carbocycles. The topological polar surface area (TPSA) is 145 Å². The lowest BCUT2D eigenvalue weighted by molar-refractivity contribution is 0.00159. The number of nitriles is 1. The highest BCUT2D eigenvalue weighted by Crippen LogP contribution is 2.38. The Labute approximate surface area is 192 Å². The number of aryl methyl sites for hydroxylation is 1. The molecule has 0 aromatic heterocycles. The summed E-state index contributed by atoms with van der Waals surface area (Å²) >= 11 is 0. The zero-order chi connectivity index (χ0) is 24.0. The van der Waals surface area contributed by atoms with Crippen molar-refractivity contribution in [3.63, 3.8) is 0 Å². The predicted octanol–water partition coefficient (Wildman–Crippen LogP) is 0.978. The van der Waals surface area contributed by atoms with Gasteiger partial charge in [-0.1, -0.05) is 17.7 Å². The van der Waals surface area contributed by atoms with Crippen LogP contribution >= 0.6 is 0 Å². The third-order valence-electron chi connectivity index (χ3n) is 5.93. The van der Waals surface area contributed by atoms with Crippen LogP contribution in [0.5, 0.6) is 5.75 Å². The summed E-state index contributed by atoms with van der Waals surface area (Å²) in [4.78, 5) is -0.289. The Kier molecular flexibility index (Phi) is 6.01. The average molecular weight is 493 g/mol. The quantitative estimate of drug-likeness (QED) is 0.582. The highest BCUT2D eigenvalue weighted by atomic mass is 32.2. The van der Waals surface area contributed by atoms with Crippen LogP contribution in [-0.4, -0.2) is 68.0 Å². The molecule has 2 N–H and O–H groups in total. The van der Waals surface area contributed by atoms with Crippen LogP contribution in [0.4, 0.5) is 0 Å². The summed E-state index contributed by atoms with van der Waals surface area (Å²) < 4.78 is 60.1. The van der Waals surface area contributed by atoms with Gasteiger partial charge < -0.3 is 14.9 Å². The summed E-state index contributed by atoms with van der Waals surface area (Å²) in [5.41, 5.74) is -1.13. The summed E-state index contributed by atoms with van der Waals surface area (Å²) in [6.07, 6.45) is 1.39. The molecule has 0 bridgehead atoms. The molecular weight excluding hydrogens is 468 g/mol. The van der Waals surface area contributed by atoms with Crippen LogP contribution in [-0.2, 0) is 19.9 Å². The molecule has 1 heterocycles. The average Bonchev–Trinajstić information content (AvgIpc) is 3.52. The summed E-state index contributed by atoms with van der Waals surface area (Å²) in [5, 5.41) is 28.5. The van der Waals surface area contributed by atoms with E-state index in [0.717, 1.165) is 22.7 Å². The number of β-amino-alcohol motifs (C(OH)–C–C–N with tert-alkyl or cyclic N) is 1. The lowest BCUT2D eigenvalue weighted by Gasteiger charge is -2.26. The lowest BCUT2D eigenvalue weighted by atomic mass is 10.1. The van der Waals surface area contributed by atoms with E-state index in [4.69, 9.17) is 4.74 Å². The molecule has 1 saturated carbocycles. The Morgan fingerprint density at radius 3 is 2.39 bits per heavy atom. The Hall–Kier alpha value is -2.49. The highest BCUT2D eigenvalue weighted by Gasteiger charge is 2.55. The van der Waals surface area contributed by atoms with Crippen LogP contribution in [0.2, 0.25) is 0 Å². The molecule has 176 valence electrons. The molecule has 2 aromatic rings. The fourth-order valence-corrected chi connectivity index (χ4v) is 7.49. The minimum Gasteiger partial charge on any atom is -0.489 e. The van der Waals surface area contributed by atoms with E-state index in [1.807, 2.05) is 6.07 Å². The molecule has 0 spiro atoms. The Bertz CT molecular complexity index is 1310. The van der Waals surface area contributed by atoms with Crippen molar-refractivity contribution in [2.24, 2.45) is 0 Å². The third-order valence-corrected chi connectivity index (χ3v) is 10.0. The smallest absolute Gasteiger partial charge is 0.246 e. The number of aliphatic hydroxyl groups excluding tert-OH is 1. The van der Waals surface area contributed by atoms with Gasteiger partial charge in [0, 0.05) is 13.1 Å². The Morgan fingerprint density at radius 2 is 1.82 bits per heavy atom. The molecule has 33 heavy (non-hydrogen) atoms. The zero-order valence-electron chi connectivity index (χ0n) is 17.9. The second-order valence-electron chi connectivity index (χ2n) is 8.50. The summed E-state index contributed by atoms with van der Waals surface area (Å²) in [7, 11) is -8.48. The minimum absolute atomic E-state index is 0.00827. The molecule has 4 rings (SSSR count). The number of sulfone groups is 1. The van der Waals surface area contributed by atoms with E-state index < -0.39 is 50.4 Å². The fourth-order valence-electron chi connectivity index (χ4n) is 3.83. The summed E-state index contributed by atoms with van der Waals surface area (Å²) in [6, 6.07) is 11.8. The van der Waals surface area contributed by atoms with E-state index >= 15 is 0 Å². The van der Waals surface area contributed by atoms with Gasteiger partial charge in [-0.15, -0.1) is 0 Å². The fraction of sp³-hybridized carbons (Fsp3) is 0.409.